The summed E-state index contributed by atoms with van der Waals surface area (Å²) in [7, 11) is 1.47. The number of rotatable bonds is 11. The van der Waals surface area contributed by atoms with Crippen molar-refractivity contribution in [1.29, 1.82) is 0 Å². The SMILES string of the molecule is CO[C@@H](CC1CCCC1)C(=O)N[C@@H](CCC(=O)C=[N+]=[N-])C(=O)OC(C)C. The second kappa shape index (κ2) is 11.5. The summed E-state index contributed by atoms with van der Waals surface area (Å²) in [5, 5.41) is 2.65. The molecular formula is C18H29N3O5. The molecule has 1 amide bonds. The Labute approximate surface area is 154 Å². The average Bonchev–Trinajstić information content (AvgIpc) is 3.08. The van der Waals surface area contributed by atoms with Crippen molar-refractivity contribution in [1.82, 2.24) is 5.32 Å². The van der Waals surface area contributed by atoms with Gasteiger partial charge in [0.25, 0.3) is 0 Å². The zero-order chi connectivity index (χ0) is 19.5. The van der Waals surface area contributed by atoms with Crippen molar-refractivity contribution in [2.75, 3.05) is 7.11 Å². The van der Waals surface area contributed by atoms with Crippen LogP contribution in [0.1, 0.15) is 58.8 Å². The zero-order valence-corrected chi connectivity index (χ0v) is 15.8. The van der Waals surface area contributed by atoms with E-state index in [0.29, 0.717) is 12.3 Å². The molecule has 1 N–H and O–H groups in total. The smallest absolute Gasteiger partial charge is 0.328 e. The molecule has 0 unspecified atom stereocenters. The van der Waals surface area contributed by atoms with Crippen LogP contribution in [0.4, 0.5) is 0 Å². The minimum absolute atomic E-state index is 0.0531. The summed E-state index contributed by atoms with van der Waals surface area (Å²) >= 11 is 0. The van der Waals surface area contributed by atoms with Gasteiger partial charge in [-0.05, 0) is 32.6 Å². The maximum absolute atomic E-state index is 12.5. The van der Waals surface area contributed by atoms with Crippen molar-refractivity contribution >= 4 is 23.9 Å². The normalized spacial score (nSPS) is 16.6. The molecule has 2 atom stereocenters. The van der Waals surface area contributed by atoms with Gasteiger partial charge in [0.05, 0.1) is 6.10 Å². The van der Waals surface area contributed by atoms with Gasteiger partial charge in [0.2, 0.25) is 11.7 Å². The van der Waals surface area contributed by atoms with Crippen LogP contribution in [0, 0.1) is 5.92 Å². The van der Waals surface area contributed by atoms with Crippen LogP contribution in [0.2, 0.25) is 0 Å². The minimum Gasteiger partial charge on any atom is -0.461 e. The number of methoxy groups -OCH3 is 1. The van der Waals surface area contributed by atoms with E-state index >= 15 is 0 Å². The van der Waals surface area contributed by atoms with E-state index in [1.165, 1.54) is 20.0 Å². The largest absolute Gasteiger partial charge is 0.461 e. The van der Waals surface area contributed by atoms with E-state index < -0.39 is 23.9 Å². The number of hydrogen-bond acceptors (Lipinski definition) is 5. The molecule has 1 aliphatic carbocycles. The van der Waals surface area contributed by atoms with Gasteiger partial charge in [0.15, 0.2) is 0 Å². The van der Waals surface area contributed by atoms with E-state index in [2.05, 4.69) is 10.1 Å². The summed E-state index contributed by atoms with van der Waals surface area (Å²) in [5.41, 5.74) is 8.39. The molecule has 8 nitrogen and oxygen atoms in total. The van der Waals surface area contributed by atoms with E-state index in [1.54, 1.807) is 13.8 Å². The quantitative estimate of drug-likeness (QED) is 0.258. The number of hydrogen-bond donors (Lipinski definition) is 1. The lowest BCUT2D eigenvalue weighted by Crippen LogP contribution is -2.47. The summed E-state index contributed by atoms with van der Waals surface area (Å²) in [6.07, 6.45) is 4.92. The van der Waals surface area contributed by atoms with Crippen LogP contribution < -0.4 is 5.32 Å². The standard InChI is InChI=1S/C18H29N3O5/c1-12(2)26-18(24)15(9-8-14(22)11-20-19)21-17(23)16(25-3)10-13-6-4-5-7-13/h11-13,15-16H,4-10H2,1-3H3,(H,21,23)/t15-,16-/m0/s1. The lowest BCUT2D eigenvalue weighted by Gasteiger charge is -2.23. The molecule has 0 radical (unpaired) electrons. The van der Waals surface area contributed by atoms with E-state index in [1.807, 2.05) is 0 Å². The fourth-order valence-corrected chi connectivity index (χ4v) is 3.10. The molecule has 0 bridgehead atoms. The molecule has 0 saturated heterocycles. The van der Waals surface area contributed by atoms with Gasteiger partial charge in [-0.2, -0.15) is 4.79 Å². The Morgan fingerprint density at radius 2 is 1.92 bits per heavy atom. The Hall–Kier alpha value is -2.05. The fraction of sp³-hybridized carbons (Fsp3) is 0.778. The Morgan fingerprint density at radius 1 is 1.27 bits per heavy atom. The van der Waals surface area contributed by atoms with Crippen LogP contribution in [-0.2, 0) is 23.9 Å². The molecule has 0 aromatic carbocycles. The first kappa shape index (κ1) is 22.0. The molecule has 0 aromatic heterocycles. The Kier molecular flexibility index (Phi) is 9.76. The van der Waals surface area contributed by atoms with E-state index in [9.17, 15) is 14.4 Å². The molecule has 0 aromatic rings. The number of amides is 1. The summed E-state index contributed by atoms with van der Waals surface area (Å²) in [6, 6.07) is -0.956. The monoisotopic (exact) mass is 367 g/mol. The highest BCUT2D eigenvalue weighted by Crippen LogP contribution is 2.29. The summed E-state index contributed by atoms with van der Waals surface area (Å²) in [6.45, 7) is 3.41. The predicted octanol–water partition coefficient (Wildman–Crippen LogP) is 1.67. The molecule has 146 valence electrons. The highest BCUT2D eigenvalue weighted by Gasteiger charge is 2.30. The molecule has 8 heteroatoms. The Bertz CT molecular complexity index is 537. The molecular weight excluding hydrogens is 338 g/mol. The number of nitrogens with one attached hydrogen (secondary N) is 1. The molecule has 0 heterocycles. The minimum atomic E-state index is -0.956. The average molecular weight is 367 g/mol. The summed E-state index contributed by atoms with van der Waals surface area (Å²) in [4.78, 5) is 38.9. The molecule has 1 aliphatic rings. The van der Waals surface area contributed by atoms with Crippen LogP contribution in [0.5, 0.6) is 0 Å². The summed E-state index contributed by atoms with van der Waals surface area (Å²) < 4.78 is 10.5. The number of esters is 1. The highest BCUT2D eigenvalue weighted by molar-refractivity contribution is 6.25. The van der Waals surface area contributed by atoms with Gasteiger partial charge < -0.3 is 20.3 Å². The molecule has 0 spiro atoms. The maximum Gasteiger partial charge on any atom is 0.328 e. The molecule has 1 saturated carbocycles. The van der Waals surface area contributed by atoms with Crippen molar-refractivity contribution in [3.05, 3.63) is 5.53 Å². The van der Waals surface area contributed by atoms with Crippen molar-refractivity contribution in [3.8, 4) is 0 Å². The molecule has 26 heavy (non-hydrogen) atoms. The highest BCUT2D eigenvalue weighted by atomic mass is 16.5. The van der Waals surface area contributed by atoms with Gasteiger partial charge >= 0.3 is 12.2 Å². The summed E-state index contributed by atoms with van der Waals surface area (Å²) in [5.74, 6) is -0.973. The predicted molar refractivity (Wildman–Crippen MR) is 94.5 cm³/mol. The first-order valence-electron chi connectivity index (χ1n) is 9.11. The van der Waals surface area contributed by atoms with Crippen molar-refractivity contribution in [2.24, 2.45) is 5.92 Å². The van der Waals surface area contributed by atoms with Crippen LogP contribution in [0.15, 0.2) is 0 Å². The molecule has 0 aliphatic heterocycles. The number of Topliss-reactive ketones (excluding diaryl/α,β-unsaturated/α-hetero) is 1. The second-order valence-electron chi connectivity index (χ2n) is 6.91. The van der Waals surface area contributed by atoms with Gasteiger partial charge in [-0.1, -0.05) is 25.7 Å². The third kappa shape index (κ3) is 7.89. The zero-order valence-electron chi connectivity index (χ0n) is 15.8. The van der Waals surface area contributed by atoms with Crippen molar-refractivity contribution < 1.29 is 28.6 Å². The number of ether oxygens (including phenoxy) is 2. The number of nitrogens with zero attached hydrogens (tertiary/aromatic N) is 2. The second-order valence-corrected chi connectivity index (χ2v) is 6.91. The van der Waals surface area contributed by atoms with Crippen molar-refractivity contribution in [3.63, 3.8) is 0 Å². The third-order valence-electron chi connectivity index (χ3n) is 4.43. The van der Waals surface area contributed by atoms with E-state index in [0.717, 1.165) is 19.1 Å². The molecule has 1 rings (SSSR count). The topological polar surface area (TPSA) is 118 Å². The third-order valence-corrected chi connectivity index (χ3v) is 4.43. The Morgan fingerprint density at radius 3 is 2.46 bits per heavy atom. The number of carbonyl (C=O) groups excluding carboxylic acids is 3. The number of carbonyl (C=O) groups is 3. The first-order chi connectivity index (χ1) is 12.4. The van der Waals surface area contributed by atoms with Crippen LogP contribution >= 0.6 is 0 Å². The lowest BCUT2D eigenvalue weighted by atomic mass is 9.99. The van der Waals surface area contributed by atoms with Gasteiger partial charge in [-0.15, -0.1) is 0 Å². The van der Waals surface area contributed by atoms with Gasteiger partial charge in [-0.25, -0.2) is 4.79 Å². The first-order valence-corrected chi connectivity index (χ1v) is 9.11. The van der Waals surface area contributed by atoms with Crippen LogP contribution in [0.3, 0.4) is 0 Å². The Balaban J connectivity index is 2.70. The molecule has 1 fully saturated rings. The van der Waals surface area contributed by atoms with Crippen molar-refractivity contribution in [2.45, 2.75) is 77.0 Å². The number of ketones is 1. The van der Waals surface area contributed by atoms with Gasteiger partial charge in [0.1, 0.15) is 12.1 Å². The van der Waals surface area contributed by atoms with Crippen LogP contribution in [0.25, 0.3) is 5.53 Å². The van der Waals surface area contributed by atoms with E-state index in [-0.39, 0.29) is 24.9 Å². The van der Waals surface area contributed by atoms with Gasteiger partial charge in [-0.3, -0.25) is 9.59 Å². The maximum atomic E-state index is 12.5. The van der Waals surface area contributed by atoms with Gasteiger partial charge in [0, 0.05) is 13.5 Å². The van der Waals surface area contributed by atoms with Crippen LogP contribution in [-0.4, -0.2) is 54.0 Å². The van der Waals surface area contributed by atoms with E-state index in [4.69, 9.17) is 15.0 Å². The fourth-order valence-electron chi connectivity index (χ4n) is 3.10. The lowest BCUT2D eigenvalue weighted by molar-refractivity contribution is -0.153.